The first-order valence-corrected chi connectivity index (χ1v) is 9.96. The van der Waals surface area contributed by atoms with E-state index in [0.717, 1.165) is 19.3 Å². The first-order chi connectivity index (χ1) is 11.4. The maximum atomic E-state index is 12.7. The van der Waals surface area contributed by atoms with Gasteiger partial charge >= 0.3 is 0 Å². The Morgan fingerprint density at radius 3 is 2.38 bits per heavy atom. The lowest BCUT2D eigenvalue weighted by Gasteiger charge is -2.31. The molecule has 1 aliphatic rings. The lowest BCUT2D eigenvalue weighted by Crippen LogP contribution is -2.40. The summed E-state index contributed by atoms with van der Waals surface area (Å²) < 4.78 is 38.2. The monoisotopic (exact) mass is 356 g/mol. The van der Waals surface area contributed by atoms with Crippen LogP contribution in [0.4, 0.5) is 0 Å². The Hall–Kier alpha value is -1.15. The fourth-order valence-electron chi connectivity index (χ4n) is 2.68. The summed E-state index contributed by atoms with van der Waals surface area (Å²) >= 11 is 0. The van der Waals surface area contributed by atoms with Gasteiger partial charge in [-0.15, -0.1) is 0 Å². The summed E-state index contributed by atoms with van der Waals surface area (Å²) in [5.41, 5.74) is 5.45. The van der Waals surface area contributed by atoms with Gasteiger partial charge in [0.1, 0.15) is 5.75 Å². The van der Waals surface area contributed by atoms with Crippen molar-refractivity contribution in [2.24, 2.45) is 5.73 Å². The molecule has 1 aromatic carbocycles. The zero-order valence-corrected chi connectivity index (χ0v) is 15.3. The van der Waals surface area contributed by atoms with E-state index < -0.39 is 10.0 Å². The Labute approximate surface area is 145 Å². The molecule has 0 radical (unpaired) electrons. The topological polar surface area (TPSA) is 81.9 Å². The van der Waals surface area contributed by atoms with Crippen molar-refractivity contribution in [1.29, 1.82) is 0 Å². The van der Waals surface area contributed by atoms with Crippen molar-refractivity contribution >= 4 is 10.0 Å². The number of hydrogen-bond donors (Lipinski definition) is 1. The lowest BCUT2D eigenvalue weighted by atomic mass is 10.1. The molecule has 0 atom stereocenters. The minimum atomic E-state index is -3.45. The second-order valence-corrected chi connectivity index (χ2v) is 8.19. The Morgan fingerprint density at radius 1 is 1.21 bits per heavy atom. The molecule has 0 bridgehead atoms. The van der Waals surface area contributed by atoms with Gasteiger partial charge in [0.2, 0.25) is 10.0 Å². The van der Waals surface area contributed by atoms with Gasteiger partial charge in [-0.05, 0) is 63.9 Å². The van der Waals surface area contributed by atoms with Crippen LogP contribution in [0.5, 0.6) is 5.75 Å². The highest BCUT2D eigenvalue weighted by atomic mass is 32.2. The minimum absolute atomic E-state index is 0.0609. The maximum Gasteiger partial charge on any atom is 0.243 e. The summed E-state index contributed by atoms with van der Waals surface area (Å²) in [7, 11) is -3.45. The normalized spacial score (nSPS) is 17.3. The van der Waals surface area contributed by atoms with Gasteiger partial charge in [0.25, 0.3) is 0 Å². The predicted molar refractivity (Wildman–Crippen MR) is 93.6 cm³/mol. The molecule has 1 saturated heterocycles. The fraction of sp³-hybridized carbons (Fsp3) is 0.647. The van der Waals surface area contributed by atoms with Gasteiger partial charge in [0.15, 0.2) is 0 Å². The van der Waals surface area contributed by atoms with Crippen LogP contribution in [0, 0.1) is 0 Å². The summed E-state index contributed by atoms with van der Waals surface area (Å²) in [6.45, 7) is 6.10. The third kappa shape index (κ3) is 5.17. The van der Waals surface area contributed by atoms with E-state index in [-0.39, 0.29) is 12.2 Å². The third-order valence-corrected chi connectivity index (χ3v) is 5.85. The molecular formula is C17H28N2O4S. The average Bonchev–Trinajstić information content (AvgIpc) is 2.55. The van der Waals surface area contributed by atoms with Gasteiger partial charge in [-0.2, -0.15) is 4.31 Å². The lowest BCUT2D eigenvalue weighted by molar-refractivity contribution is 0.0209. The summed E-state index contributed by atoms with van der Waals surface area (Å²) in [5.74, 6) is 0.677. The zero-order chi connectivity index (χ0) is 17.6. The van der Waals surface area contributed by atoms with Crippen molar-refractivity contribution in [3.8, 4) is 5.75 Å². The molecule has 6 nitrogen and oxygen atoms in total. The average molecular weight is 356 g/mol. The van der Waals surface area contributed by atoms with E-state index in [9.17, 15) is 8.42 Å². The van der Waals surface area contributed by atoms with Gasteiger partial charge in [0, 0.05) is 19.7 Å². The van der Waals surface area contributed by atoms with Crippen LogP contribution in [-0.4, -0.2) is 51.2 Å². The number of nitrogens with two attached hydrogens (primary N) is 1. The van der Waals surface area contributed by atoms with E-state index >= 15 is 0 Å². The number of ether oxygens (including phenoxy) is 2. The fourth-order valence-corrected chi connectivity index (χ4v) is 4.15. The molecule has 0 saturated carbocycles. The Morgan fingerprint density at radius 2 is 1.83 bits per heavy atom. The van der Waals surface area contributed by atoms with E-state index in [1.54, 1.807) is 24.3 Å². The number of nitrogens with zero attached hydrogens (tertiary/aromatic N) is 1. The molecule has 0 aromatic heterocycles. The molecule has 1 heterocycles. The second kappa shape index (κ2) is 8.80. The molecule has 1 aromatic rings. The van der Waals surface area contributed by atoms with Crippen molar-refractivity contribution < 1.29 is 17.9 Å². The summed E-state index contributed by atoms with van der Waals surface area (Å²) in [6, 6.07) is 6.62. The first kappa shape index (κ1) is 19.2. The van der Waals surface area contributed by atoms with Crippen molar-refractivity contribution in [3.05, 3.63) is 24.3 Å². The molecule has 0 aliphatic carbocycles. The van der Waals surface area contributed by atoms with E-state index in [1.807, 2.05) is 13.8 Å². The third-order valence-electron chi connectivity index (χ3n) is 3.94. The molecule has 0 unspecified atom stereocenters. The molecule has 7 heteroatoms. The van der Waals surface area contributed by atoms with E-state index in [1.165, 1.54) is 4.31 Å². The quantitative estimate of drug-likeness (QED) is 0.721. The Balaban J connectivity index is 1.94. The van der Waals surface area contributed by atoms with Crippen LogP contribution in [0.2, 0.25) is 0 Å². The zero-order valence-electron chi connectivity index (χ0n) is 14.5. The highest BCUT2D eigenvalue weighted by Crippen LogP contribution is 2.24. The van der Waals surface area contributed by atoms with Gasteiger partial charge in [-0.25, -0.2) is 8.42 Å². The van der Waals surface area contributed by atoms with Crippen molar-refractivity contribution in [3.63, 3.8) is 0 Å². The largest absolute Gasteiger partial charge is 0.491 e. The van der Waals surface area contributed by atoms with E-state index in [0.29, 0.717) is 36.9 Å². The molecule has 24 heavy (non-hydrogen) atoms. The molecule has 2 N–H and O–H groups in total. The van der Waals surface area contributed by atoms with E-state index in [4.69, 9.17) is 15.2 Å². The van der Waals surface area contributed by atoms with Crippen molar-refractivity contribution in [1.82, 2.24) is 4.31 Å². The maximum absolute atomic E-state index is 12.7. The van der Waals surface area contributed by atoms with Gasteiger partial charge < -0.3 is 15.2 Å². The number of benzene rings is 1. The Bertz CT molecular complexity index is 594. The van der Waals surface area contributed by atoms with Gasteiger partial charge in [-0.1, -0.05) is 0 Å². The smallest absolute Gasteiger partial charge is 0.243 e. The Kier molecular flexibility index (Phi) is 7.03. The minimum Gasteiger partial charge on any atom is -0.491 e. The van der Waals surface area contributed by atoms with Gasteiger partial charge in [-0.3, -0.25) is 0 Å². The summed E-state index contributed by atoms with van der Waals surface area (Å²) in [4.78, 5) is 0.307. The first-order valence-electron chi connectivity index (χ1n) is 8.52. The van der Waals surface area contributed by atoms with E-state index in [2.05, 4.69) is 0 Å². The van der Waals surface area contributed by atoms with Crippen LogP contribution < -0.4 is 10.5 Å². The number of sulfonamides is 1. The van der Waals surface area contributed by atoms with Crippen molar-refractivity contribution in [2.45, 2.75) is 50.2 Å². The highest BCUT2D eigenvalue weighted by molar-refractivity contribution is 7.89. The van der Waals surface area contributed by atoms with Crippen LogP contribution in [-0.2, 0) is 14.8 Å². The predicted octanol–water partition coefficient (Wildman–Crippen LogP) is 1.99. The van der Waals surface area contributed by atoms with Crippen LogP contribution >= 0.6 is 0 Å². The number of hydrogen-bond acceptors (Lipinski definition) is 5. The molecule has 0 spiro atoms. The highest BCUT2D eigenvalue weighted by Gasteiger charge is 2.29. The molecule has 0 amide bonds. The molecular weight excluding hydrogens is 328 g/mol. The molecule has 1 fully saturated rings. The van der Waals surface area contributed by atoms with Crippen LogP contribution in [0.25, 0.3) is 0 Å². The number of rotatable bonds is 8. The molecule has 1 aliphatic heterocycles. The summed E-state index contributed by atoms with van der Waals surface area (Å²) in [5, 5.41) is 0. The summed E-state index contributed by atoms with van der Waals surface area (Å²) in [6.07, 6.45) is 2.47. The number of piperidine rings is 1. The SMILES string of the molecule is CC(C)Oc1ccc(S(=O)(=O)N2CCC(OCCCN)CC2)cc1. The van der Waals surface area contributed by atoms with Crippen molar-refractivity contribution in [2.75, 3.05) is 26.2 Å². The van der Waals surface area contributed by atoms with Crippen LogP contribution in [0.15, 0.2) is 29.2 Å². The molecule has 2 rings (SSSR count). The van der Waals surface area contributed by atoms with Gasteiger partial charge in [0.05, 0.1) is 17.1 Å². The molecule has 136 valence electrons. The van der Waals surface area contributed by atoms with Crippen LogP contribution in [0.1, 0.15) is 33.1 Å². The standard InChI is InChI=1S/C17H28N2O4S/c1-14(2)23-16-4-6-17(7-5-16)24(20,21)19-11-8-15(9-12-19)22-13-3-10-18/h4-7,14-15H,3,8-13,18H2,1-2H3. The van der Waals surface area contributed by atoms with Crippen LogP contribution in [0.3, 0.4) is 0 Å². The second-order valence-electron chi connectivity index (χ2n) is 6.25.